The molecular formula is C13H17ClN2O4. The normalized spacial score (nSPS) is 10.3. The van der Waals surface area contributed by atoms with Gasteiger partial charge in [-0.1, -0.05) is 6.07 Å². The number of rotatable bonds is 7. The lowest BCUT2D eigenvalue weighted by Crippen LogP contribution is -2.35. The van der Waals surface area contributed by atoms with Crippen molar-refractivity contribution >= 4 is 23.2 Å². The Hall–Kier alpha value is -1.66. The van der Waals surface area contributed by atoms with Crippen molar-refractivity contribution in [2.75, 3.05) is 32.7 Å². The average Bonchev–Trinajstić information content (AvgIpc) is 2.43. The van der Waals surface area contributed by atoms with Crippen LogP contribution in [0.5, 0.6) is 0 Å². The Balaban J connectivity index is 2.99. The number of hydrogen-bond acceptors (Lipinski definition) is 4. The highest BCUT2D eigenvalue weighted by Gasteiger charge is 2.19. The molecule has 0 aliphatic carbocycles. The van der Waals surface area contributed by atoms with Gasteiger partial charge in [-0.2, -0.15) is 0 Å². The summed E-state index contributed by atoms with van der Waals surface area (Å²) in [5, 5.41) is 10.9. The molecule has 110 valence electrons. The van der Waals surface area contributed by atoms with Crippen molar-refractivity contribution in [3.8, 4) is 0 Å². The van der Waals surface area contributed by atoms with Gasteiger partial charge in [0.05, 0.1) is 11.5 Å². The quantitative estimate of drug-likeness (QED) is 0.440. The van der Waals surface area contributed by atoms with Crippen molar-refractivity contribution in [2.45, 2.75) is 6.92 Å². The molecule has 0 spiro atoms. The van der Waals surface area contributed by atoms with E-state index in [1.165, 1.54) is 11.0 Å². The largest absolute Gasteiger partial charge is 0.383 e. The van der Waals surface area contributed by atoms with E-state index in [1.807, 2.05) is 0 Å². The fourth-order valence-corrected chi connectivity index (χ4v) is 1.94. The van der Waals surface area contributed by atoms with Crippen LogP contribution in [-0.2, 0) is 4.74 Å². The Morgan fingerprint density at radius 2 is 2.15 bits per heavy atom. The summed E-state index contributed by atoms with van der Waals surface area (Å²) in [5.41, 5.74) is 0.740. The van der Waals surface area contributed by atoms with Gasteiger partial charge in [0.2, 0.25) is 0 Å². The van der Waals surface area contributed by atoms with Gasteiger partial charge in [0.25, 0.3) is 11.6 Å². The standard InChI is InChI=1S/C13H17ClN2O4/c1-10-3-4-11(9-12(10)16(18)19)13(17)15(6-5-14)7-8-20-2/h3-4,9H,5-8H2,1-2H3. The summed E-state index contributed by atoms with van der Waals surface area (Å²) < 4.78 is 4.94. The molecule has 0 aliphatic rings. The van der Waals surface area contributed by atoms with Gasteiger partial charge < -0.3 is 9.64 Å². The Bertz CT molecular complexity index is 493. The second kappa shape index (κ2) is 7.81. The second-order valence-electron chi connectivity index (χ2n) is 4.23. The number of halogens is 1. The van der Waals surface area contributed by atoms with Crippen molar-refractivity contribution in [3.05, 3.63) is 39.4 Å². The van der Waals surface area contributed by atoms with E-state index in [1.54, 1.807) is 26.2 Å². The molecule has 0 fully saturated rings. The van der Waals surface area contributed by atoms with Crippen LogP contribution in [0.1, 0.15) is 15.9 Å². The first kappa shape index (κ1) is 16.4. The Morgan fingerprint density at radius 1 is 1.45 bits per heavy atom. The van der Waals surface area contributed by atoms with Crippen LogP contribution in [0.3, 0.4) is 0 Å². The molecule has 1 aromatic carbocycles. The van der Waals surface area contributed by atoms with E-state index in [4.69, 9.17) is 16.3 Å². The monoisotopic (exact) mass is 300 g/mol. The molecule has 0 unspecified atom stereocenters. The number of methoxy groups -OCH3 is 1. The van der Waals surface area contributed by atoms with E-state index < -0.39 is 4.92 Å². The molecule has 7 heteroatoms. The van der Waals surface area contributed by atoms with Crippen LogP contribution >= 0.6 is 11.6 Å². The third-order valence-corrected chi connectivity index (χ3v) is 3.03. The maximum Gasteiger partial charge on any atom is 0.273 e. The van der Waals surface area contributed by atoms with Crippen LogP contribution in [0.15, 0.2) is 18.2 Å². The number of nitro benzene ring substituents is 1. The lowest BCUT2D eigenvalue weighted by Gasteiger charge is -2.21. The molecule has 0 aliphatic heterocycles. The minimum absolute atomic E-state index is 0.0617. The van der Waals surface area contributed by atoms with Crippen LogP contribution in [0.25, 0.3) is 0 Å². The number of amides is 1. The molecule has 6 nitrogen and oxygen atoms in total. The highest BCUT2D eigenvalue weighted by Crippen LogP contribution is 2.20. The highest BCUT2D eigenvalue weighted by molar-refractivity contribution is 6.18. The van der Waals surface area contributed by atoms with Crippen LogP contribution in [-0.4, -0.2) is 48.4 Å². The van der Waals surface area contributed by atoms with Gasteiger partial charge in [0.1, 0.15) is 0 Å². The van der Waals surface area contributed by atoms with Crippen LogP contribution in [0.4, 0.5) is 5.69 Å². The minimum atomic E-state index is -0.493. The molecule has 0 heterocycles. The van der Waals surface area contributed by atoms with Crippen molar-refractivity contribution in [1.82, 2.24) is 4.90 Å². The molecule has 0 radical (unpaired) electrons. The Labute approximate surface area is 122 Å². The lowest BCUT2D eigenvalue weighted by atomic mass is 10.1. The van der Waals surface area contributed by atoms with Gasteiger partial charge in [0.15, 0.2) is 0 Å². The first-order valence-electron chi connectivity index (χ1n) is 6.10. The van der Waals surface area contributed by atoms with E-state index in [2.05, 4.69) is 0 Å². The summed E-state index contributed by atoms with van der Waals surface area (Å²) in [6, 6.07) is 4.45. The Morgan fingerprint density at radius 3 is 2.70 bits per heavy atom. The van der Waals surface area contributed by atoms with Gasteiger partial charge in [-0.15, -0.1) is 11.6 Å². The number of ether oxygens (including phenoxy) is 1. The molecule has 1 rings (SSSR count). The van der Waals surface area contributed by atoms with Crippen LogP contribution in [0.2, 0.25) is 0 Å². The number of alkyl halides is 1. The maximum absolute atomic E-state index is 12.3. The van der Waals surface area contributed by atoms with Gasteiger partial charge in [-0.25, -0.2) is 0 Å². The van der Waals surface area contributed by atoms with E-state index >= 15 is 0 Å². The third-order valence-electron chi connectivity index (χ3n) is 2.86. The van der Waals surface area contributed by atoms with Crippen molar-refractivity contribution < 1.29 is 14.5 Å². The average molecular weight is 301 g/mol. The van der Waals surface area contributed by atoms with Crippen molar-refractivity contribution in [1.29, 1.82) is 0 Å². The molecule has 0 N–H and O–H groups in total. The van der Waals surface area contributed by atoms with Gasteiger partial charge in [0, 0.05) is 43.3 Å². The first-order chi connectivity index (χ1) is 9.51. The predicted molar refractivity (Wildman–Crippen MR) is 76.3 cm³/mol. The SMILES string of the molecule is COCCN(CCCl)C(=O)c1ccc(C)c([N+](=O)[O-])c1. The topological polar surface area (TPSA) is 72.7 Å². The third kappa shape index (κ3) is 4.18. The highest BCUT2D eigenvalue weighted by atomic mass is 35.5. The number of aryl methyl sites for hydroxylation is 1. The summed E-state index contributed by atoms with van der Waals surface area (Å²) in [7, 11) is 1.54. The van der Waals surface area contributed by atoms with Crippen molar-refractivity contribution in [2.24, 2.45) is 0 Å². The maximum atomic E-state index is 12.3. The number of carbonyl (C=O) groups is 1. The fraction of sp³-hybridized carbons (Fsp3) is 0.462. The predicted octanol–water partition coefficient (Wildman–Crippen LogP) is 2.23. The molecular weight excluding hydrogens is 284 g/mol. The summed E-state index contributed by atoms with van der Waals surface area (Å²) in [4.78, 5) is 24.2. The minimum Gasteiger partial charge on any atom is -0.383 e. The van der Waals surface area contributed by atoms with Crippen molar-refractivity contribution in [3.63, 3.8) is 0 Å². The fourth-order valence-electron chi connectivity index (χ4n) is 1.74. The summed E-state index contributed by atoms with van der Waals surface area (Å²) in [6.07, 6.45) is 0. The molecule has 1 aromatic rings. The van der Waals surface area contributed by atoms with Gasteiger partial charge in [-0.3, -0.25) is 14.9 Å². The number of hydrogen-bond donors (Lipinski definition) is 0. The molecule has 20 heavy (non-hydrogen) atoms. The summed E-state index contributed by atoms with van der Waals surface area (Å²) >= 11 is 5.67. The van der Waals surface area contributed by atoms with E-state index in [0.717, 1.165) is 0 Å². The van der Waals surface area contributed by atoms with Gasteiger partial charge in [-0.05, 0) is 13.0 Å². The molecule has 0 bridgehead atoms. The molecule has 0 atom stereocenters. The summed E-state index contributed by atoms with van der Waals surface area (Å²) in [6.45, 7) is 2.78. The zero-order chi connectivity index (χ0) is 15.1. The van der Waals surface area contributed by atoms with Crippen LogP contribution in [0, 0.1) is 17.0 Å². The smallest absolute Gasteiger partial charge is 0.273 e. The second-order valence-corrected chi connectivity index (χ2v) is 4.61. The Kier molecular flexibility index (Phi) is 6.41. The number of benzene rings is 1. The zero-order valence-electron chi connectivity index (χ0n) is 11.5. The van der Waals surface area contributed by atoms with Crippen LogP contribution < -0.4 is 0 Å². The lowest BCUT2D eigenvalue weighted by molar-refractivity contribution is -0.385. The molecule has 0 saturated heterocycles. The molecule has 0 saturated carbocycles. The molecule has 0 aromatic heterocycles. The van der Waals surface area contributed by atoms with Gasteiger partial charge >= 0.3 is 0 Å². The molecule has 1 amide bonds. The number of nitro groups is 1. The zero-order valence-corrected chi connectivity index (χ0v) is 12.2. The first-order valence-corrected chi connectivity index (χ1v) is 6.64. The number of nitrogens with zero attached hydrogens (tertiary/aromatic N) is 2. The summed E-state index contributed by atoms with van der Waals surface area (Å²) in [5.74, 6) is 0.00875. The van der Waals surface area contributed by atoms with E-state index in [0.29, 0.717) is 31.1 Å². The van der Waals surface area contributed by atoms with E-state index in [9.17, 15) is 14.9 Å². The van der Waals surface area contributed by atoms with E-state index in [-0.39, 0.29) is 17.2 Å². The number of carbonyl (C=O) groups excluding carboxylic acids is 1.